The van der Waals surface area contributed by atoms with Crippen molar-refractivity contribution in [2.75, 3.05) is 13.2 Å². The van der Waals surface area contributed by atoms with E-state index >= 15 is 0 Å². The van der Waals surface area contributed by atoms with Gasteiger partial charge in [-0.2, -0.15) is 13.2 Å². The molecule has 0 radical (unpaired) electrons. The van der Waals surface area contributed by atoms with E-state index in [1.54, 1.807) is 0 Å². The van der Waals surface area contributed by atoms with Gasteiger partial charge in [-0.3, -0.25) is 0 Å². The first-order valence-electron chi connectivity index (χ1n) is 4.99. The van der Waals surface area contributed by atoms with E-state index in [9.17, 15) is 27.1 Å². The average molecular weight is 270 g/mol. The maximum atomic E-state index is 13.3. The molecule has 1 atom stereocenters. The van der Waals surface area contributed by atoms with E-state index in [-0.39, 0.29) is 5.56 Å². The van der Waals surface area contributed by atoms with Crippen LogP contribution < -0.4 is 0 Å². The van der Waals surface area contributed by atoms with Crippen LogP contribution in [0, 0.1) is 18.6 Å². The highest BCUT2D eigenvalue weighted by Gasteiger charge is 2.28. The minimum absolute atomic E-state index is 0.0414. The Balaban J connectivity index is 2.67. The second-order valence-corrected chi connectivity index (χ2v) is 3.77. The molecular weight excluding hydrogens is 259 g/mol. The second kappa shape index (κ2) is 5.62. The number of hydrogen-bond donors (Lipinski definition) is 1. The number of benzene rings is 1. The average Bonchev–Trinajstić information content (AvgIpc) is 2.21. The largest absolute Gasteiger partial charge is 0.411 e. The molecule has 0 amide bonds. The van der Waals surface area contributed by atoms with Crippen LogP contribution >= 0.6 is 0 Å². The van der Waals surface area contributed by atoms with Crippen LogP contribution in [0.1, 0.15) is 17.2 Å². The van der Waals surface area contributed by atoms with Gasteiger partial charge in [0.15, 0.2) is 0 Å². The van der Waals surface area contributed by atoms with Crippen LogP contribution in [-0.2, 0) is 4.74 Å². The predicted octanol–water partition coefficient (Wildman–Crippen LogP) is 2.89. The van der Waals surface area contributed by atoms with Gasteiger partial charge in [0, 0.05) is 5.56 Å². The molecule has 0 aliphatic rings. The fourth-order valence-electron chi connectivity index (χ4n) is 1.29. The molecule has 0 spiro atoms. The lowest BCUT2D eigenvalue weighted by Crippen LogP contribution is -2.20. The Morgan fingerprint density at radius 2 is 1.83 bits per heavy atom. The Kier molecular flexibility index (Phi) is 4.64. The molecule has 0 bridgehead atoms. The summed E-state index contributed by atoms with van der Waals surface area (Å²) in [5, 5.41) is 9.41. The predicted molar refractivity (Wildman–Crippen MR) is 52.9 cm³/mol. The lowest BCUT2D eigenvalue weighted by Gasteiger charge is -2.14. The second-order valence-electron chi connectivity index (χ2n) is 3.77. The third-order valence-electron chi connectivity index (χ3n) is 2.18. The molecule has 1 N–H and O–H groups in total. The first kappa shape index (κ1) is 14.8. The third kappa shape index (κ3) is 4.23. The van der Waals surface area contributed by atoms with Crippen molar-refractivity contribution in [2.24, 2.45) is 0 Å². The van der Waals surface area contributed by atoms with Crippen LogP contribution in [0.15, 0.2) is 12.1 Å². The molecule has 0 saturated heterocycles. The van der Waals surface area contributed by atoms with Crippen LogP contribution in [0.25, 0.3) is 0 Å². The van der Waals surface area contributed by atoms with Gasteiger partial charge in [-0.15, -0.1) is 0 Å². The van der Waals surface area contributed by atoms with Gasteiger partial charge in [0.2, 0.25) is 0 Å². The molecule has 0 saturated carbocycles. The maximum absolute atomic E-state index is 13.3. The molecule has 0 heterocycles. The standard InChI is InChI=1S/C11H11F5O2/c1-6-2-9(13)7(3-8(6)12)10(17)4-18-5-11(14,15)16/h2-3,10,17H,4-5H2,1H3. The summed E-state index contributed by atoms with van der Waals surface area (Å²) >= 11 is 0. The number of rotatable bonds is 4. The summed E-state index contributed by atoms with van der Waals surface area (Å²) in [6.07, 6.45) is -6.18. The normalized spacial score (nSPS) is 13.7. The number of hydrogen-bond acceptors (Lipinski definition) is 2. The zero-order chi connectivity index (χ0) is 13.9. The topological polar surface area (TPSA) is 29.5 Å². The third-order valence-corrected chi connectivity index (χ3v) is 2.18. The number of ether oxygens (including phenoxy) is 1. The Bertz CT molecular complexity index is 417. The van der Waals surface area contributed by atoms with Crippen molar-refractivity contribution in [1.29, 1.82) is 0 Å². The number of alkyl halides is 3. The van der Waals surface area contributed by atoms with E-state index in [1.807, 2.05) is 0 Å². The van der Waals surface area contributed by atoms with Gasteiger partial charge in [0.1, 0.15) is 24.3 Å². The fourth-order valence-corrected chi connectivity index (χ4v) is 1.29. The minimum atomic E-state index is -4.53. The SMILES string of the molecule is Cc1cc(F)c(C(O)COCC(F)(F)F)cc1F. The van der Waals surface area contributed by atoms with E-state index in [1.165, 1.54) is 6.92 Å². The first-order chi connectivity index (χ1) is 8.20. The zero-order valence-corrected chi connectivity index (χ0v) is 9.39. The van der Waals surface area contributed by atoms with Crippen LogP contribution in [-0.4, -0.2) is 24.5 Å². The van der Waals surface area contributed by atoms with Gasteiger partial charge in [-0.25, -0.2) is 8.78 Å². The lowest BCUT2D eigenvalue weighted by atomic mass is 10.1. The molecule has 18 heavy (non-hydrogen) atoms. The number of aliphatic hydroxyl groups is 1. The summed E-state index contributed by atoms with van der Waals surface area (Å²) in [5.41, 5.74) is -0.389. The summed E-state index contributed by atoms with van der Waals surface area (Å²) in [6.45, 7) is -0.992. The maximum Gasteiger partial charge on any atom is 0.411 e. The molecule has 2 nitrogen and oxygen atoms in total. The Labute approximate surface area is 100.0 Å². The van der Waals surface area contributed by atoms with E-state index in [4.69, 9.17) is 0 Å². The Hall–Kier alpha value is -1.21. The van der Waals surface area contributed by atoms with Crippen LogP contribution in [0.2, 0.25) is 0 Å². The quantitative estimate of drug-likeness (QED) is 0.852. The van der Waals surface area contributed by atoms with E-state index < -0.39 is 42.7 Å². The molecular formula is C11H11F5O2. The molecule has 102 valence electrons. The monoisotopic (exact) mass is 270 g/mol. The highest BCUT2D eigenvalue weighted by Crippen LogP contribution is 2.22. The van der Waals surface area contributed by atoms with Crippen molar-refractivity contribution in [3.63, 3.8) is 0 Å². The van der Waals surface area contributed by atoms with Gasteiger partial charge < -0.3 is 9.84 Å². The van der Waals surface area contributed by atoms with Crippen LogP contribution in [0.3, 0.4) is 0 Å². The lowest BCUT2D eigenvalue weighted by molar-refractivity contribution is -0.179. The van der Waals surface area contributed by atoms with Gasteiger partial charge in [-0.1, -0.05) is 0 Å². The Morgan fingerprint density at radius 1 is 1.22 bits per heavy atom. The van der Waals surface area contributed by atoms with Gasteiger partial charge >= 0.3 is 6.18 Å². The van der Waals surface area contributed by atoms with Crippen molar-refractivity contribution < 1.29 is 31.8 Å². The van der Waals surface area contributed by atoms with Crippen molar-refractivity contribution in [2.45, 2.75) is 19.2 Å². The summed E-state index contributed by atoms with van der Waals surface area (Å²) in [6, 6.07) is 1.60. The van der Waals surface area contributed by atoms with Crippen LogP contribution in [0.4, 0.5) is 22.0 Å². The van der Waals surface area contributed by atoms with Crippen molar-refractivity contribution in [3.05, 3.63) is 34.9 Å². The van der Waals surface area contributed by atoms with Gasteiger partial charge in [0.05, 0.1) is 6.61 Å². The Morgan fingerprint density at radius 3 is 2.39 bits per heavy atom. The number of aryl methyl sites for hydroxylation is 1. The van der Waals surface area contributed by atoms with E-state index in [0.717, 1.165) is 12.1 Å². The number of aliphatic hydroxyl groups excluding tert-OH is 1. The summed E-state index contributed by atoms with van der Waals surface area (Å²) < 4.78 is 65.9. The highest BCUT2D eigenvalue weighted by molar-refractivity contribution is 5.26. The summed E-state index contributed by atoms with van der Waals surface area (Å²) in [5.74, 6) is -1.64. The number of halogens is 5. The molecule has 0 aromatic heterocycles. The van der Waals surface area contributed by atoms with E-state index in [0.29, 0.717) is 0 Å². The molecule has 1 aromatic carbocycles. The molecule has 0 fully saturated rings. The molecule has 7 heteroatoms. The van der Waals surface area contributed by atoms with Gasteiger partial charge in [0.25, 0.3) is 0 Å². The summed E-state index contributed by atoms with van der Waals surface area (Å²) in [7, 11) is 0. The fraction of sp³-hybridized carbons (Fsp3) is 0.455. The zero-order valence-electron chi connectivity index (χ0n) is 9.39. The van der Waals surface area contributed by atoms with Crippen molar-refractivity contribution in [1.82, 2.24) is 0 Å². The molecule has 1 unspecified atom stereocenters. The molecule has 0 aliphatic carbocycles. The first-order valence-corrected chi connectivity index (χ1v) is 4.99. The smallest absolute Gasteiger partial charge is 0.386 e. The van der Waals surface area contributed by atoms with Crippen LogP contribution in [0.5, 0.6) is 0 Å². The van der Waals surface area contributed by atoms with E-state index in [2.05, 4.69) is 4.74 Å². The molecule has 0 aliphatic heterocycles. The highest BCUT2D eigenvalue weighted by atomic mass is 19.4. The molecule has 1 aromatic rings. The molecule has 1 rings (SSSR count). The van der Waals surface area contributed by atoms with Crippen molar-refractivity contribution in [3.8, 4) is 0 Å². The minimum Gasteiger partial charge on any atom is -0.386 e. The van der Waals surface area contributed by atoms with Gasteiger partial charge in [-0.05, 0) is 24.6 Å². The van der Waals surface area contributed by atoms with Crippen molar-refractivity contribution >= 4 is 0 Å². The summed E-state index contributed by atoms with van der Waals surface area (Å²) in [4.78, 5) is 0.